The molecule has 0 atom stereocenters. The number of anilines is 1. The molecule has 4 aromatic rings. The number of hydrogen-bond donors (Lipinski definition) is 2. The number of benzene rings is 1. The number of nitrogens with zero attached hydrogens (tertiary/aromatic N) is 5. The van der Waals surface area contributed by atoms with Gasteiger partial charge in [0.05, 0.1) is 29.7 Å². The topological polar surface area (TPSA) is 115 Å². The second-order valence-electron chi connectivity index (χ2n) is 12.5. The number of amides is 1. The van der Waals surface area contributed by atoms with Gasteiger partial charge in [0, 0.05) is 36.6 Å². The van der Waals surface area contributed by atoms with Crippen molar-refractivity contribution < 1.29 is 9.53 Å². The van der Waals surface area contributed by atoms with Crippen LogP contribution in [0.4, 0.5) is 10.6 Å². The lowest BCUT2D eigenvalue weighted by molar-refractivity contribution is 0.0185. The third kappa shape index (κ3) is 6.03. The first-order valence-corrected chi connectivity index (χ1v) is 13.8. The van der Waals surface area contributed by atoms with Crippen LogP contribution in [-0.2, 0) is 10.2 Å². The number of nitrogens with one attached hydrogen (secondary N) is 1. The third-order valence-corrected chi connectivity index (χ3v) is 7.24. The summed E-state index contributed by atoms with van der Waals surface area (Å²) in [6.07, 6.45) is 8.86. The van der Waals surface area contributed by atoms with E-state index in [9.17, 15) is 4.79 Å². The summed E-state index contributed by atoms with van der Waals surface area (Å²) < 4.78 is 7.51. The monoisotopic (exact) mass is 541 g/mol. The van der Waals surface area contributed by atoms with Crippen molar-refractivity contribution in [2.75, 3.05) is 18.8 Å². The lowest BCUT2D eigenvalue weighted by Gasteiger charge is -2.33. The average Bonchev–Trinajstić information content (AvgIpc) is 3.59. The first-order valence-electron chi connectivity index (χ1n) is 13.8. The molecule has 3 aromatic heterocycles. The smallest absolute Gasteiger partial charge is 0.410 e. The Kier molecular flexibility index (Phi) is 7.16. The first-order chi connectivity index (χ1) is 18.9. The number of hydrogen-bond acceptors (Lipinski definition) is 6. The molecule has 0 unspecified atom stereocenters. The van der Waals surface area contributed by atoms with Crippen LogP contribution in [0.1, 0.15) is 66.0 Å². The summed E-state index contributed by atoms with van der Waals surface area (Å²) in [5, 5.41) is 4.64. The fourth-order valence-corrected chi connectivity index (χ4v) is 4.90. The summed E-state index contributed by atoms with van der Waals surface area (Å²) in [7, 11) is 0. The van der Waals surface area contributed by atoms with Crippen molar-refractivity contribution in [3.05, 3.63) is 60.7 Å². The number of nitrogens with two attached hydrogens (primary N) is 1. The van der Waals surface area contributed by atoms with Gasteiger partial charge in [0.15, 0.2) is 0 Å². The number of carbonyl (C=O) groups is 1. The molecule has 9 heteroatoms. The van der Waals surface area contributed by atoms with Crippen molar-refractivity contribution in [3.8, 4) is 33.8 Å². The standard InChI is InChI=1S/C31H39N7O2/c1-30(2,3)23-9-7-20(8-10-23)26-18-34-28(36-26)25-15-21(16-33-27(25)32)22-17-35-38(19-22)24-11-13-37(14-12-24)29(39)40-31(4,5)6/h7-10,15-19,24H,11-14H2,1-6H3,(H2,32,33)(H,34,36). The predicted molar refractivity (Wildman–Crippen MR) is 158 cm³/mol. The molecular formula is C31H39N7O2. The zero-order valence-electron chi connectivity index (χ0n) is 24.2. The number of nitrogen functional groups attached to an aromatic ring is 1. The Morgan fingerprint density at radius 2 is 1.65 bits per heavy atom. The van der Waals surface area contributed by atoms with E-state index in [2.05, 4.69) is 65.1 Å². The molecule has 0 aliphatic carbocycles. The summed E-state index contributed by atoms with van der Waals surface area (Å²) in [6, 6.07) is 10.8. The van der Waals surface area contributed by atoms with Crippen molar-refractivity contribution in [1.29, 1.82) is 0 Å². The Morgan fingerprint density at radius 3 is 2.30 bits per heavy atom. The molecule has 5 rings (SSSR count). The van der Waals surface area contributed by atoms with Gasteiger partial charge in [-0.05, 0) is 56.2 Å². The Bertz CT molecular complexity index is 1480. The molecule has 40 heavy (non-hydrogen) atoms. The van der Waals surface area contributed by atoms with Gasteiger partial charge in [0.1, 0.15) is 17.2 Å². The SMILES string of the molecule is CC(C)(C)OC(=O)N1CCC(n2cc(-c3cnc(N)c(-c4ncc(-c5ccc(C(C)(C)C)cc5)[nH]4)c3)cn2)CC1. The molecule has 0 saturated carbocycles. The van der Waals surface area contributed by atoms with E-state index in [1.165, 1.54) is 5.56 Å². The Balaban J connectivity index is 1.29. The maximum atomic E-state index is 12.4. The molecule has 0 spiro atoms. The highest BCUT2D eigenvalue weighted by molar-refractivity contribution is 5.77. The van der Waals surface area contributed by atoms with Crippen LogP contribution in [0, 0.1) is 0 Å². The molecule has 9 nitrogen and oxygen atoms in total. The van der Waals surface area contributed by atoms with E-state index in [0.717, 1.165) is 40.8 Å². The molecule has 1 amide bonds. The number of aromatic nitrogens is 5. The minimum Gasteiger partial charge on any atom is -0.444 e. The molecule has 0 radical (unpaired) electrons. The maximum absolute atomic E-state index is 12.4. The van der Waals surface area contributed by atoms with Crippen LogP contribution in [0.3, 0.4) is 0 Å². The van der Waals surface area contributed by atoms with E-state index in [-0.39, 0.29) is 17.6 Å². The molecule has 1 saturated heterocycles. The number of imidazole rings is 1. The fourth-order valence-electron chi connectivity index (χ4n) is 4.90. The Hall–Kier alpha value is -4.14. The van der Waals surface area contributed by atoms with Crippen molar-refractivity contribution in [3.63, 3.8) is 0 Å². The van der Waals surface area contributed by atoms with Crippen LogP contribution in [0.2, 0.25) is 0 Å². The molecule has 210 valence electrons. The number of likely N-dealkylation sites (tertiary alicyclic amines) is 1. The van der Waals surface area contributed by atoms with Gasteiger partial charge in [0.2, 0.25) is 0 Å². The van der Waals surface area contributed by atoms with Gasteiger partial charge in [-0.25, -0.2) is 14.8 Å². The fraction of sp³-hybridized carbons (Fsp3) is 0.419. The molecule has 1 aliphatic heterocycles. The Labute approximate surface area is 235 Å². The van der Waals surface area contributed by atoms with Gasteiger partial charge in [-0.2, -0.15) is 5.10 Å². The van der Waals surface area contributed by atoms with Crippen molar-refractivity contribution in [1.82, 2.24) is 29.6 Å². The molecule has 3 N–H and O–H groups in total. The van der Waals surface area contributed by atoms with E-state index < -0.39 is 5.60 Å². The number of carbonyl (C=O) groups excluding carboxylic acids is 1. The van der Waals surface area contributed by atoms with Crippen molar-refractivity contribution >= 4 is 11.9 Å². The summed E-state index contributed by atoms with van der Waals surface area (Å²) >= 11 is 0. The number of aromatic amines is 1. The quantitative estimate of drug-likeness (QED) is 0.307. The Morgan fingerprint density at radius 1 is 0.950 bits per heavy atom. The average molecular weight is 542 g/mol. The second-order valence-corrected chi connectivity index (χ2v) is 12.5. The van der Waals surface area contributed by atoms with Gasteiger partial charge in [-0.3, -0.25) is 4.68 Å². The van der Waals surface area contributed by atoms with Gasteiger partial charge in [0.25, 0.3) is 0 Å². The highest BCUT2D eigenvalue weighted by Crippen LogP contribution is 2.32. The number of ether oxygens (including phenoxy) is 1. The lowest BCUT2D eigenvalue weighted by atomic mass is 9.86. The normalized spacial score (nSPS) is 14.9. The predicted octanol–water partition coefficient (Wildman–Crippen LogP) is 6.45. The highest BCUT2D eigenvalue weighted by atomic mass is 16.6. The number of H-pyrrole nitrogens is 1. The zero-order valence-corrected chi connectivity index (χ0v) is 24.2. The van der Waals surface area contributed by atoms with Crippen LogP contribution in [0.15, 0.2) is 55.1 Å². The molecular weight excluding hydrogens is 502 g/mol. The zero-order chi connectivity index (χ0) is 28.7. The van der Waals surface area contributed by atoms with Crippen LogP contribution >= 0.6 is 0 Å². The van der Waals surface area contributed by atoms with E-state index in [1.807, 2.05) is 50.1 Å². The largest absolute Gasteiger partial charge is 0.444 e. The van der Waals surface area contributed by atoms with Crippen molar-refractivity contribution in [2.24, 2.45) is 0 Å². The number of rotatable bonds is 4. The van der Waals surface area contributed by atoms with E-state index >= 15 is 0 Å². The van der Waals surface area contributed by atoms with E-state index in [0.29, 0.717) is 24.7 Å². The number of piperidine rings is 1. The van der Waals surface area contributed by atoms with E-state index in [4.69, 9.17) is 10.5 Å². The maximum Gasteiger partial charge on any atom is 0.410 e. The number of pyridine rings is 1. The second kappa shape index (κ2) is 10.4. The van der Waals surface area contributed by atoms with Crippen LogP contribution in [0.25, 0.3) is 33.8 Å². The summed E-state index contributed by atoms with van der Waals surface area (Å²) in [6.45, 7) is 13.6. The molecule has 1 aliphatic rings. The highest BCUT2D eigenvalue weighted by Gasteiger charge is 2.28. The summed E-state index contributed by atoms with van der Waals surface area (Å²) in [5.41, 5.74) is 11.8. The van der Waals surface area contributed by atoms with E-state index in [1.54, 1.807) is 11.1 Å². The summed E-state index contributed by atoms with van der Waals surface area (Å²) in [5.74, 6) is 1.08. The molecule has 4 heterocycles. The minimum absolute atomic E-state index is 0.101. The van der Waals surface area contributed by atoms with Crippen LogP contribution in [-0.4, -0.2) is 54.4 Å². The van der Waals surface area contributed by atoms with Gasteiger partial charge >= 0.3 is 6.09 Å². The molecule has 1 fully saturated rings. The minimum atomic E-state index is -0.494. The van der Waals surface area contributed by atoms with Gasteiger partial charge in [-0.1, -0.05) is 45.0 Å². The van der Waals surface area contributed by atoms with Crippen LogP contribution < -0.4 is 5.73 Å². The first kappa shape index (κ1) is 27.4. The lowest BCUT2D eigenvalue weighted by Crippen LogP contribution is -2.42. The van der Waals surface area contributed by atoms with Crippen LogP contribution in [0.5, 0.6) is 0 Å². The molecule has 0 bridgehead atoms. The molecule has 1 aromatic carbocycles. The summed E-state index contributed by atoms with van der Waals surface area (Å²) in [4.78, 5) is 26.7. The van der Waals surface area contributed by atoms with Crippen molar-refractivity contribution in [2.45, 2.75) is 71.4 Å². The van der Waals surface area contributed by atoms with Gasteiger partial charge < -0.3 is 20.4 Å². The third-order valence-electron chi connectivity index (χ3n) is 7.24. The van der Waals surface area contributed by atoms with Gasteiger partial charge in [-0.15, -0.1) is 0 Å².